The molecule has 1 aliphatic heterocycles. The van der Waals surface area contributed by atoms with Gasteiger partial charge in [-0.3, -0.25) is 19.3 Å². The molecule has 0 radical (unpaired) electrons. The number of nitrogens with one attached hydrogen (secondary N) is 1. The van der Waals surface area contributed by atoms with Gasteiger partial charge in [0, 0.05) is 21.2 Å². The molecule has 0 unspecified atom stereocenters. The fraction of sp³-hybridized carbons (Fsp3) is 0.591. The molecule has 5 rings (SSSR count). The van der Waals surface area contributed by atoms with E-state index in [0.717, 1.165) is 54.2 Å². The van der Waals surface area contributed by atoms with E-state index in [9.17, 15) is 14.4 Å². The number of carbonyl (C=O) groups is 3. The number of nitrogens with zero attached hydrogens (tertiary/aromatic N) is 1. The molecule has 1 aromatic carbocycles. The highest BCUT2D eigenvalue weighted by atomic mass is 127. The first-order valence-electron chi connectivity index (χ1n) is 10.5. The summed E-state index contributed by atoms with van der Waals surface area (Å²) in [5, 5.41) is 3.00. The lowest BCUT2D eigenvalue weighted by molar-refractivity contribution is -0.144. The molecular weight excluding hydrogens is 467 g/mol. The lowest BCUT2D eigenvalue weighted by Crippen LogP contribution is -2.44. The van der Waals surface area contributed by atoms with Crippen LogP contribution < -0.4 is 5.32 Å². The average Bonchev–Trinajstić information content (AvgIpc) is 3.38. The van der Waals surface area contributed by atoms with Gasteiger partial charge in [0.25, 0.3) is 0 Å². The second-order valence-electron chi connectivity index (χ2n) is 8.93. The molecular formula is C22H25IN2O3. The van der Waals surface area contributed by atoms with Crippen LogP contribution in [0, 0.1) is 33.2 Å². The predicted molar refractivity (Wildman–Crippen MR) is 113 cm³/mol. The second-order valence-corrected chi connectivity index (χ2v) is 10.2. The van der Waals surface area contributed by atoms with E-state index < -0.39 is 0 Å². The Bertz CT molecular complexity index is 788. The van der Waals surface area contributed by atoms with E-state index >= 15 is 0 Å². The Morgan fingerprint density at radius 2 is 1.46 bits per heavy atom. The maximum Gasteiger partial charge on any atom is 0.233 e. The number of hydrogen-bond donors (Lipinski definition) is 1. The van der Waals surface area contributed by atoms with Crippen molar-refractivity contribution in [2.75, 3.05) is 5.32 Å². The number of fused-ring (bicyclic) bond motifs is 5. The third kappa shape index (κ3) is 2.99. The van der Waals surface area contributed by atoms with E-state index in [2.05, 4.69) is 27.9 Å². The summed E-state index contributed by atoms with van der Waals surface area (Å²) in [6, 6.07) is 7.77. The van der Waals surface area contributed by atoms with Crippen molar-refractivity contribution >= 4 is 46.0 Å². The molecule has 4 fully saturated rings. The molecule has 1 saturated heterocycles. The van der Waals surface area contributed by atoms with Gasteiger partial charge in [-0.2, -0.15) is 0 Å². The first kappa shape index (κ1) is 18.6. The highest BCUT2D eigenvalue weighted by Crippen LogP contribution is 2.56. The third-order valence-corrected chi connectivity index (χ3v) is 8.23. The monoisotopic (exact) mass is 492 g/mol. The fourth-order valence-electron chi connectivity index (χ4n) is 6.17. The van der Waals surface area contributed by atoms with Gasteiger partial charge in [-0.05, 0) is 104 Å². The highest BCUT2D eigenvalue weighted by molar-refractivity contribution is 14.1. The summed E-state index contributed by atoms with van der Waals surface area (Å²) in [6.07, 6.45) is 6.27. The Morgan fingerprint density at radius 3 is 2.04 bits per heavy atom. The lowest BCUT2D eigenvalue weighted by atomic mass is 9.81. The first-order chi connectivity index (χ1) is 13.5. The average molecular weight is 492 g/mol. The molecule has 28 heavy (non-hydrogen) atoms. The number of carbonyl (C=O) groups excluding carboxylic acids is 3. The Kier molecular flexibility index (Phi) is 4.72. The van der Waals surface area contributed by atoms with Crippen LogP contribution in [0.2, 0.25) is 0 Å². The molecule has 3 aliphatic carbocycles. The number of imide groups is 1. The van der Waals surface area contributed by atoms with Gasteiger partial charge in [-0.25, -0.2) is 0 Å². The van der Waals surface area contributed by atoms with Gasteiger partial charge in [-0.15, -0.1) is 0 Å². The molecule has 2 bridgehead atoms. The minimum atomic E-state index is -0.0426. The van der Waals surface area contributed by atoms with Gasteiger partial charge in [0.1, 0.15) is 0 Å². The smallest absolute Gasteiger partial charge is 0.233 e. The van der Waals surface area contributed by atoms with Gasteiger partial charge in [0.15, 0.2) is 0 Å². The summed E-state index contributed by atoms with van der Waals surface area (Å²) in [6.45, 7) is 0. The number of likely N-dealkylation sites (tertiary alicyclic amines) is 1. The summed E-state index contributed by atoms with van der Waals surface area (Å²) < 4.78 is 1.13. The van der Waals surface area contributed by atoms with Crippen LogP contribution in [-0.2, 0) is 14.4 Å². The molecule has 3 amide bonds. The minimum absolute atomic E-state index is 0.00708. The second kappa shape index (κ2) is 7.11. The molecule has 5 nitrogen and oxygen atoms in total. The van der Waals surface area contributed by atoms with Crippen molar-refractivity contribution in [3.05, 3.63) is 27.8 Å². The van der Waals surface area contributed by atoms with Gasteiger partial charge in [0.2, 0.25) is 17.7 Å². The molecule has 4 atom stereocenters. The van der Waals surface area contributed by atoms with Crippen molar-refractivity contribution < 1.29 is 14.4 Å². The zero-order chi connectivity index (χ0) is 19.4. The van der Waals surface area contributed by atoms with Crippen LogP contribution in [0.5, 0.6) is 0 Å². The molecule has 4 aliphatic rings. The molecule has 0 aromatic heterocycles. The standard InChI is InChI=1S/C22H25IN2O3/c23-15-5-7-16(8-6-15)24-20(26)12-3-9-17(10-4-12)25-21(27)18-13-1-2-14(11-13)19(18)22(25)28/h5-8,12-14,17-19H,1-4,9-11H2,(H,24,26)/t12?,13-,14-,17?,18-,19+/m0/s1. The predicted octanol–water partition coefficient (Wildman–Crippen LogP) is 3.82. The number of hydrogen-bond acceptors (Lipinski definition) is 3. The van der Waals surface area contributed by atoms with E-state index in [1.807, 2.05) is 24.3 Å². The van der Waals surface area contributed by atoms with E-state index in [4.69, 9.17) is 0 Å². The number of benzene rings is 1. The van der Waals surface area contributed by atoms with E-state index in [1.54, 1.807) is 4.90 Å². The first-order valence-corrected chi connectivity index (χ1v) is 11.5. The van der Waals surface area contributed by atoms with Gasteiger partial charge >= 0.3 is 0 Å². The normalized spacial score (nSPS) is 36.7. The largest absolute Gasteiger partial charge is 0.326 e. The molecule has 3 saturated carbocycles. The summed E-state index contributed by atoms with van der Waals surface area (Å²) in [5.74, 6) is 0.997. The van der Waals surface area contributed by atoms with Crippen molar-refractivity contribution in [2.24, 2.45) is 29.6 Å². The summed E-state index contributed by atoms with van der Waals surface area (Å²) in [7, 11) is 0. The molecule has 148 valence electrons. The SMILES string of the molecule is O=C(Nc1ccc(I)cc1)C1CCC(N2C(=O)[C@@H]3[C@H]4CC[C@@H](C4)[C@@H]3C2=O)CC1. The number of halogens is 1. The third-order valence-electron chi connectivity index (χ3n) is 7.51. The van der Waals surface area contributed by atoms with Crippen LogP contribution in [0.25, 0.3) is 0 Å². The lowest BCUT2D eigenvalue weighted by Gasteiger charge is -2.33. The molecule has 1 N–H and O–H groups in total. The van der Waals surface area contributed by atoms with Crippen LogP contribution in [0.1, 0.15) is 44.9 Å². The molecule has 6 heteroatoms. The number of anilines is 1. The van der Waals surface area contributed by atoms with Crippen molar-refractivity contribution in [3.8, 4) is 0 Å². The van der Waals surface area contributed by atoms with E-state index in [0.29, 0.717) is 11.8 Å². The zero-order valence-corrected chi connectivity index (χ0v) is 17.9. The van der Waals surface area contributed by atoms with Gasteiger partial charge in [0.05, 0.1) is 11.8 Å². The van der Waals surface area contributed by atoms with Crippen molar-refractivity contribution in [1.29, 1.82) is 0 Å². The Hall–Kier alpha value is -1.44. The molecule has 1 aromatic rings. The van der Waals surface area contributed by atoms with Gasteiger partial charge < -0.3 is 5.32 Å². The van der Waals surface area contributed by atoms with E-state index in [1.165, 1.54) is 0 Å². The number of amides is 3. The van der Waals surface area contributed by atoms with Crippen molar-refractivity contribution in [3.63, 3.8) is 0 Å². The minimum Gasteiger partial charge on any atom is -0.326 e. The van der Waals surface area contributed by atoms with Crippen LogP contribution in [-0.4, -0.2) is 28.7 Å². The van der Waals surface area contributed by atoms with Crippen molar-refractivity contribution in [1.82, 2.24) is 4.90 Å². The van der Waals surface area contributed by atoms with Crippen LogP contribution >= 0.6 is 22.6 Å². The van der Waals surface area contributed by atoms with Gasteiger partial charge in [-0.1, -0.05) is 0 Å². The highest BCUT2D eigenvalue weighted by Gasteiger charge is 2.61. The topological polar surface area (TPSA) is 66.5 Å². The number of rotatable bonds is 3. The Labute approximate surface area is 178 Å². The quantitative estimate of drug-likeness (QED) is 0.516. The zero-order valence-electron chi connectivity index (χ0n) is 15.8. The van der Waals surface area contributed by atoms with Crippen molar-refractivity contribution in [2.45, 2.75) is 51.0 Å². The Morgan fingerprint density at radius 1 is 0.893 bits per heavy atom. The summed E-state index contributed by atoms with van der Waals surface area (Å²) >= 11 is 2.24. The summed E-state index contributed by atoms with van der Waals surface area (Å²) in [5.41, 5.74) is 0.820. The van der Waals surface area contributed by atoms with E-state index in [-0.39, 0.29) is 41.5 Å². The van der Waals surface area contributed by atoms with Crippen LogP contribution in [0.15, 0.2) is 24.3 Å². The molecule has 0 spiro atoms. The van der Waals surface area contributed by atoms with Crippen LogP contribution in [0.3, 0.4) is 0 Å². The Balaban J connectivity index is 1.20. The maximum absolute atomic E-state index is 13.0. The van der Waals surface area contributed by atoms with Crippen LogP contribution in [0.4, 0.5) is 5.69 Å². The summed E-state index contributed by atoms with van der Waals surface area (Å²) in [4.78, 5) is 40.2. The molecule has 1 heterocycles. The maximum atomic E-state index is 13.0. The fourth-order valence-corrected chi connectivity index (χ4v) is 6.53.